The Labute approximate surface area is 313 Å². The highest BCUT2D eigenvalue weighted by Crippen LogP contribution is 2.55. The van der Waals surface area contributed by atoms with Crippen molar-refractivity contribution >= 4 is 40.3 Å². The van der Waals surface area contributed by atoms with Gasteiger partial charge in [0.2, 0.25) is 0 Å². The molecule has 15 nitrogen and oxygen atoms in total. The van der Waals surface area contributed by atoms with Gasteiger partial charge in [0.05, 0.1) is 53.0 Å². The highest BCUT2D eigenvalue weighted by molar-refractivity contribution is 6.23. The van der Waals surface area contributed by atoms with E-state index in [-0.39, 0.29) is 44.5 Å². The summed E-state index contributed by atoms with van der Waals surface area (Å²) in [6.07, 6.45) is 4.62. The van der Waals surface area contributed by atoms with Gasteiger partial charge in [-0.2, -0.15) is 5.10 Å². The molecule has 0 spiro atoms. The van der Waals surface area contributed by atoms with Crippen molar-refractivity contribution < 1.29 is 58.9 Å². The summed E-state index contributed by atoms with van der Waals surface area (Å²) in [6, 6.07) is 0. The predicted molar refractivity (Wildman–Crippen MR) is 200 cm³/mol. The smallest absolute Gasteiger partial charge is 0.312 e. The fourth-order valence-electron chi connectivity index (χ4n) is 7.00. The van der Waals surface area contributed by atoms with Crippen molar-refractivity contribution in [3.63, 3.8) is 0 Å². The Balaban J connectivity index is 1.96. The van der Waals surface area contributed by atoms with E-state index in [1.54, 1.807) is 39.8 Å². The average Bonchev–Trinajstić information content (AvgIpc) is 3.39. The maximum absolute atomic E-state index is 14.2. The van der Waals surface area contributed by atoms with Crippen LogP contribution in [0.15, 0.2) is 41.2 Å². The number of hydrazone groups is 1. The highest BCUT2D eigenvalue weighted by atomic mass is 16.7. The quantitative estimate of drug-likeness (QED) is 0.0761. The first-order valence-corrected chi connectivity index (χ1v) is 17.6. The summed E-state index contributed by atoms with van der Waals surface area (Å²) in [6.45, 7) is 12.4. The van der Waals surface area contributed by atoms with Gasteiger partial charge in [0.1, 0.15) is 23.4 Å². The summed E-state index contributed by atoms with van der Waals surface area (Å²) in [5.74, 6) is -8.46. The molecule has 0 aromatic heterocycles. The van der Waals surface area contributed by atoms with Crippen LogP contribution in [0.25, 0.3) is 10.8 Å². The molecule has 3 aliphatic rings. The lowest BCUT2D eigenvalue weighted by Crippen LogP contribution is -2.46. The summed E-state index contributed by atoms with van der Waals surface area (Å²) < 4.78 is 23.4. The van der Waals surface area contributed by atoms with Crippen molar-refractivity contribution in [3.05, 3.63) is 52.8 Å². The number of carbonyl (C=O) groups excluding carboxylic acids is 3. The normalized spacial score (nSPS) is 29.6. The zero-order chi connectivity index (χ0) is 40.4. The first kappa shape index (κ1) is 41.6. The van der Waals surface area contributed by atoms with Crippen molar-refractivity contribution in [3.8, 4) is 23.0 Å². The van der Waals surface area contributed by atoms with Crippen LogP contribution in [0.4, 0.5) is 5.69 Å². The summed E-state index contributed by atoms with van der Waals surface area (Å²) in [7, 11) is 2.91. The first-order chi connectivity index (χ1) is 25.3. The van der Waals surface area contributed by atoms with Gasteiger partial charge in [-0.25, -0.2) is 0 Å². The van der Waals surface area contributed by atoms with Crippen LogP contribution in [0, 0.1) is 30.6 Å². The van der Waals surface area contributed by atoms with Crippen molar-refractivity contribution in [2.75, 3.05) is 19.5 Å². The summed E-state index contributed by atoms with van der Waals surface area (Å²) in [5.41, 5.74) is 2.05. The van der Waals surface area contributed by atoms with Crippen LogP contribution in [0.2, 0.25) is 0 Å². The largest absolute Gasteiger partial charge is 0.507 e. The number of amides is 1. The lowest BCUT2D eigenvalue weighted by molar-refractivity contribution is -0.160. The molecular weight excluding hydrogens is 702 g/mol. The molecule has 5 bridgehead atoms. The fraction of sp³-hybridized carbons (Fsp3) is 0.487. The molecule has 54 heavy (non-hydrogen) atoms. The van der Waals surface area contributed by atoms with Gasteiger partial charge in [0, 0.05) is 68.2 Å². The molecule has 294 valence electrons. The number of aromatic hydroxyl groups is 3. The SMILES string of the molecule is CNN=Cc1c2c(O)c3c(O)c(C)c4c(c3c1O)C(=O)[C@@](C)(OC=C[C@H](OC)[C@H](C)[C@H](OC(C)=O)[C@H](C)[C@H](O)[C@H](C)[C@@H](O)[C@@H](C)C=CC=C(C)C(=O)N2)O4. The molecule has 0 saturated heterocycles. The van der Waals surface area contributed by atoms with E-state index < -0.39 is 88.8 Å². The molecule has 0 fully saturated rings. The van der Waals surface area contributed by atoms with Crippen LogP contribution in [0.1, 0.15) is 70.0 Å². The lowest BCUT2D eigenvalue weighted by atomic mass is 9.78. The number of phenols is 3. The van der Waals surface area contributed by atoms with Crippen LogP contribution in [-0.2, 0) is 23.8 Å². The molecule has 0 unspecified atom stereocenters. The maximum Gasteiger partial charge on any atom is 0.312 e. The average molecular weight is 754 g/mol. The first-order valence-electron chi connectivity index (χ1n) is 17.6. The van der Waals surface area contributed by atoms with Gasteiger partial charge in [-0.1, -0.05) is 45.9 Å². The molecule has 7 N–H and O–H groups in total. The Hall–Kier alpha value is -5.12. The molecule has 1 amide bonds. The van der Waals surface area contributed by atoms with Crippen molar-refractivity contribution in [1.29, 1.82) is 0 Å². The zero-order valence-electron chi connectivity index (χ0n) is 32.1. The number of aliphatic hydroxyl groups excluding tert-OH is 2. The number of anilines is 1. The van der Waals surface area contributed by atoms with Gasteiger partial charge < -0.3 is 55.2 Å². The van der Waals surface area contributed by atoms with Crippen molar-refractivity contribution in [1.82, 2.24) is 5.43 Å². The van der Waals surface area contributed by atoms with Gasteiger partial charge in [-0.15, -0.1) is 0 Å². The van der Waals surface area contributed by atoms with E-state index in [4.69, 9.17) is 18.9 Å². The summed E-state index contributed by atoms with van der Waals surface area (Å²) >= 11 is 0. The lowest BCUT2D eigenvalue weighted by Gasteiger charge is -2.38. The van der Waals surface area contributed by atoms with Crippen LogP contribution in [-0.4, -0.2) is 93.8 Å². The number of nitrogens with one attached hydrogen (secondary N) is 2. The van der Waals surface area contributed by atoms with E-state index in [9.17, 15) is 39.9 Å². The van der Waals surface area contributed by atoms with E-state index in [0.29, 0.717) is 0 Å². The van der Waals surface area contributed by atoms with Crippen LogP contribution in [0.5, 0.6) is 23.0 Å². The number of esters is 1. The van der Waals surface area contributed by atoms with Gasteiger partial charge in [-0.05, 0) is 19.9 Å². The van der Waals surface area contributed by atoms with Crippen molar-refractivity contribution in [2.24, 2.45) is 28.8 Å². The maximum atomic E-state index is 14.2. The molecule has 5 rings (SSSR count). The molecule has 2 aromatic carbocycles. The Morgan fingerprint density at radius 3 is 2.26 bits per heavy atom. The number of phenolic OH excluding ortho intramolecular Hbond substituents is 3. The van der Waals surface area contributed by atoms with E-state index in [1.807, 2.05) is 0 Å². The van der Waals surface area contributed by atoms with Crippen LogP contribution in [0.3, 0.4) is 0 Å². The fourth-order valence-corrected chi connectivity index (χ4v) is 7.00. The summed E-state index contributed by atoms with van der Waals surface area (Å²) in [4.78, 5) is 39.9. The molecule has 0 aliphatic carbocycles. The highest BCUT2D eigenvalue weighted by Gasteiger charge is 2.50. The Morgan fingerprint density at radius 1 is 0.981 bits per heavy atom. The number of allylic oxidation sites excluding steroid dienone is 2. The number of nitrogens with zero attached hydrogens (tertiary/aromatic N) is 1. The predicted octanol–water partition coefficient (Wildman–Crippen LogP) is 4.31. The van der Waals surface area contributed by atoms with Crippen molar-refractivity contribution in [2.45, 2.75) is 85.6 Å². The van der Waals surface area contributed by atoms with Gasteiger partial charge >= 0.3 is 11.8 Å². The minimum Gasteiger partial charge on any atom is -0.507 e. The van der Waals surface area contributed by atoms with E-state index in [1.165, 1.54) is 60.3 Å². The second kappa shape index (κ2) is 16.5. The third-order valence-corrected chi connectivity index (χ3v) is 10.4. The molecule has 15 heteroatoms. The minimum atomic E-state index is -2.04. The van der Waals surface area contributed by atoms with E-state index in [2.05, 4.69) is 15.8 Å². The minimum absolute atomic E-state index is 0.0446. The number of Topliss-reactive ketones (excluding diaryl/α,β-unsaturated/α-hetero) is 1. The zero-order valence-corrected chi connectivity index (χ0v) is 32.1. The number of carbonyl (C=O) groups is 3. The molecule has 3 heterocycles. The number of fused-ring (bicyclic) bond motifs is 14. The van der Waals surface area contributed by atoms with Gasteiger partial charge in [0.15, 0.2) is 5.75 Å². The van der Waals surface area contributed by atoms with Gasteiger partial charge in [-0.3, -0.25) is 14.4 Å². The van der Waals surface area contributed by atoms with E-state index >= 15 is 0 Å². The monoisotopic (exact) mass is 753 g/mol. The van der Waals surface area contributed by atoms with Crippen LogP contribution >= 0.6 is 0 Å². The molecule has 0 radical (unpaired) electrons. The topological polar surface area (TPSA) is 226 Å². The molecule has 0 saturated carbocycles. The second-order valence-electron chi connectivity index (χ2n) is 14.1. The number of rotatable bonds is 4. The molecule has 3 aliphatic heterocycles. The number of hydrogen-bond acceptors (Lipinski definition) is 14. The number of ether oxygens (including phenoxy) is 4. The molecular formula is C39H51N3O12. The Morgan fingerprint density at radius 2 is 1.65 bits per heavy atom. The number of methoxy groups -OCH3 is 1. The third kappa shape index (κ3) is 7.74. The van der Waals surface area contributed by atoms with Crippen LogP contribution < -0.4 is 15.5 Å². The molecule has 2 aromatic rings. The van der Waals surface area contributed by atoms with E-state index in [0.717, 1.165) is 6.21 Å². The second-order valence-corrected chi connectivity index (χ2v) is 14.1. The van der Waals surface area contributed by atoms with Gasteiger partial charge in [0.25, 0.3) is 11.7 Å². The third-order valence-electron chi connectivity index (χ3n) is 10.4. The standard InChI is InChI=1S/C39H51N3O12/c1-17-12-11-13-18(2)38(50)42-29-24(16-41-40-9)33(47)26-27(34(29)48)32(46)22(6)36-28(26)37(49)39(8,54-36)52-15-14-25(51-10)19(3)35(53-23(7)43)21(5)31(45)20(4)30(17)44/h11-17,19-21,25,30-31,35,40,44-48H,1-10H3,(H,42,50)/t17-,19-,20+,21+,25-,30-,31+,35-,39-/m0/s1. The number of benzene rings is 2. The number of hydrogen-bond donors (Lipinski definition) is 7. The molecule has 9 atom stereocenters. The number of ketones is 1. The summed E-state index contributed by atoms with van der Waals surface area (Å²) in [5, 5.41) is 63.4. The number of aliphatic hydroxyl groups is 2. The Bertz CT molecular complexity index is 1920. The Kier molecular flexibility index (Phi) is 12.7.